The third-order valence-electron chi connectivity index (χ3n) is 7.17. The second-order valence-electron chi connectivity index (χ2n) is 10.3. The van der Waals surface area contributed by atoms with Gasteiger partial charge in [0, 0.05) is 16.6 Å². The molecule has 0 atom stereocenters. The fourth-order valence-corrected chi connectivity index (χ4v) is 4.93. The molecule has 0 saturated heterocycles. The number of hydrogen-bond donors (Lipinski definition) is 1. The summed E-state index contributed by atoms with van der Waals surface area (Å²) in [4.78, 5) is 31.0. The van der Waals surface area contributed by atoms with Gasteiger partial charge in [-0.3, -0.25) is 4.79 Å². The van der Waals surface area contributed by atoms with Gasteiger partial charge in [-0.05, 0) is 84.8 Å². The highest BCUT2D eigenvalue weighted by atomic mass is 16.5. The van der Waals surface area contributed by atoms with Crippen molar-refractivity contribution in [2.45, 2.75) is 13.5 Å². The summed E-state index contributed by atoms with van der Waals surface area (Å²) in [6.45, 7) is 1.86. The number of benzene rings is 5. The second kappa shape index (κ2) is 13.6. The van der Waals surface area contributed by atoms with E-state index in [0.717, 1.165) is 16.9 Å². The molecule has 222 valence electrons. The Morgan fingerprint density at radius 2 is 1.31 bits per heavy atom. The summed E-state index contributed by atoms with van der Waals surface area (Å²) in [5, 5.41) is 3.41. The topological polar surface area (TPSA) is 86.8 Å². The fraction of sp³-hybridized carbons (Fsp3) is 0.0789. The lowest BCUT2D eigenvalue weighted by atomic mass is 9.97. The number of pyridine rings is 1. The first-order valence-corrected chi connectivity index (χ1v) is 14.5. The summed E-state index contributed by atoms with van der Waals surface area (Å²) < 4.78 is 17.2. The summed E-state index contributed by atoms with van der Waals surface area (Å²) in [6, 6.07) is 41.3. The highest BCUT2D eigenvalue weighted by Crippen LogP contribution is 2.31. The van der Waals surface area contributed by atoms with E-state index >= 15 is 0 Å². The van der Waals surface area contributed by atoms with Crippen LogP contribution < -0.4 is 14.8 Å². The molecule has 0 bridgehead atoms. The van der Waals surface area contributed by atoms with Gasteiger partial charge < -0.3 is 19.5 Å². The Kier molecular flexibility index (Phi) is 8.78. The second-order valence-corrected chi connectivity index (χ2v) is 10.3. The number of ether oxygens (including phenoxy) is 3. The zero-order chi connectivity index (χ0) is 31.0. The van der Waals surface area contributed by atoms with Crippen LogP contribution in [-0.2, 0) is 16.1 Å². The number of anilines is 1. The lowest BCUT2D eigenvalue weighted by Crippen LogP contribution is -2.21. The minimum atomic E-state index is -0.600. The quantitative estimate of drug-likeness (QED) is 0.160. The molecule has 0 spiro atoms. The number of nitrogens with zero attached hydrogens (tertiary/aromatic N) is 1. The van der Waals surface area contributed by atoms with E-state index in [4.69, 9.17) is 19.2 Å². The average Bonchev–Trinajstić information content (AvgIpc) is 3.08. The van der Waals surface area contributed by atoms with E-state index in [9.17, 15) is 9.59 Å². The number of rotatable bonds is 10. The van der Waals surface area contributed by atoms with Gasteiger partial charge in [0.2, 0.25) is 0 Å². The van der Waals surface area contributed by atoms with Crippen molar-refractivity contribution in [2.75, 3.05) is 11.9 Å². The third kappa shape index (κ3) is 7.17. The third-order valence-corrected chi connectivity index (χ3v) is 7.17. The van der Waals surface area contributed by atoms with Crippen LogP contribution in [0, 0.1) is 6.92 Å². The van der Waals surface area contributed by atoms with Crippen LogP contribution in [0.25, 0.3) is 22.2 Å². The summed E-state index contributed by atoms with van der Waals surface area (Å²) in [5.74, 6) is 1.02. The van der Waals surface area contributed by atoms with Gasteiger partial charge in [-0.2, -0.15) is 0 Å². The molecule has 45 heavy (non-hydrogen) atoms. The maximum Gasteiger partial charge on any atom is 0.339 e. The number of carbonyl (C=O) groups excluding carboxylic acids is 2. The molecule has 0 aliphatic rings. The summed E-state index contributed by atoms with van der Waals surface area (Å²) >= 11 is 0. The molecule has 0 fully saturated rings. The highest BCUT2D eigenvalue weighted by Gasteiger charge is 2.21. The molecule has 0 radical (unpaired) electrons. The first kappa shape index (κ1) is 29.1. The number of aromatic nitrogens is 1. The van der Waals surface area contributed by atoms with Gasteiger partial charge in [-0.15, -0.1) is 0 Å². The molecular weight excluding hydrogens is 564 g/mol. The van der Waals surface area contributed by atoms with Crippen LogP contribution in [0.1, 0.15) is 21.5 Å². The van der Waals surface area contributed by atoms with Crippen LogP contribution in [0.3, 0.4) is 0 Å². The van der Waals surface area contributed by atoms with Crippen molar-refractivity contribution in [1.82, 2.24) is 4.98 Å². The maximum absolute atomic E-state index is 13.4. The smallest absolute Gasteiger partial charge is 0.339 e. The molecule has 6 aromatic rings. The number of esters is 1. The SMILES string of the molecule is Cc1c(-c2ccc(OCc3ccccc3)cc2)nc2ccccc2c1C(=O)OCC(=O)Nc1ccc(Oc2ccccc2)cc1. The van der Waals surface area contributed by atoms with Crippen molar-refractivity contribution in [2.24, 2.45) is 0 Å². The van der Waals surface area contributed by atoms with Crippen molar-refractivity contribution < 1.29 is 23.8 Å². The zero-order valence-corrected chi connectivity index (χ0v) is 24.6. The highest BCUT2D eigenvalue weighted by molar-refractivity contribution is 6.07. The lowest BCUT2D eigenvalue weighted by molar-refractivity contribution is -0.119. The summed E-state index contributed by atoms with van der Waals surface area (Å²) in [6.07, 6.45) is 0. The van der Waals surface area contributed by atoms with Crippen molar-refractivity contribution >= 4 is 28.5 Å². The minimum absolute atomic E-state index is 0.371. The fourth-order valence-electron chi connectivity index (χ4n) is 4.93. The molecule has 5 aromatic carbocycles. The Bertz CT molecular complexity index is 1920. The van der Waals surface area contributed by atoms with Crippen molar-refractivity contribution in [3.05, 3.63) is 150 Å². The van der Waals surface area contributed by atoms with Gasteiger partial charge in [0.1, 0.15) is 23.9 Å². The van der Waals surface area contributed by atoms with Crippen LogP contribution >= 0.6 is 0 Å². The van der Waals surface area contributed by atoms with E-state index in [1.165, 1.54) is 0 Å². The Morgan fingerprint density at radius 1 is 0.689 bits per heavy atom. The molecule has 1 amide bonds. The van der Waals surface area contributed by atoms with Crippen molar-refractivity contribution in [3.8, 4) is 28.5 Å². The summed E-state index contributed by atoms with van der Waals surface area (Å²) in [5.41, 5.74) is 4.80. The Labute approximate surface area is 261 Å². The number of carbonyl (C=O) groups is 2. The Hall–Kier alpha value is -5.95. The van der Waals surface area contributed by atoms with Gasteiger partial charge in [0.05, 0.1) is 16.8 Å². The van der Waals surface area contributed by atoms with E-state index in [1.54, 1.807) is 24.3 Å². The molecule has 0 aliphatic carbocycles. The van der Waals surface area contributed by atoms with E-state index in [2.05, 4.69) is 5.32 Å². The first-order valence-electron chi connectivity index (χ1n) is 14.5. The van der Waals surface area contributed by atoms with Gasteiger partial charge in [-0.25, -0.2) is 9.78 Å². The molecule has 7 heteroatoms. The van der Waals surface area contributed by atoms with Crippen LogP contribution in [0.4, 0.5) is 5.69 Å². The lowest BCUT2D eigenvalue weighted by Gasteiger charge is -2.15. The Balaban J connectivity index is 1.13. The minimum Gasteiger partial charge on any atom is -0.489 e. The predicted octanol–water partition coefficient (Wildman–Crippen LogP) is 8.38. The van der Waals surface area contributed by atoms with Crippen molar-refractivity contribution in [3.63, 3.8) is 0 Å². The van der Waals surface area contributed by atoms with E-state index in [-0.39, 0.29) is 0 Å². The van der Waals surface area contributed by atoms with Gasteiger partial charge in [0.25, 0.3) is 5.91 Å². The standard InChI is InChI=1S/C38H30N2O5/c1-26-36(38(42)44-25-35(41)39-29-18-22-32(23-19-29)45-31-12-6-3-7-13-31)33-14-8-9-15-34(33)40-37(26)28-16-20-30(21-17-28)43-24-27-10-4-2-5-11-27/h2-23H,24-25H2,1H3,(H,39,41). The molecule has 0 unspecified atom stereocenters. The molecule has 1 heterocycles. The van der Waals surface area contributed by atoms with Crippen LogP contribution in [0.15, 0.2) is 133 Å². The number of hydrogen-bond acceptors (Lipinski definition) is 6. The molecule has 7 nitrogen and oxygen atoms in total. The summed E-state index contributed by atoms with van der Waals surface area (Å²) in [7, 11) is 0. The van der Waals surface area contributed by atoms with Crippen molar-refractivity contribution in [1.29, 1.82) is 0 Å². The number of amides is 1. The first-order chi connectivity index (χ1) is 22.0. The van der Waals surface area contributed by atoms with E-state index in [0.29, 0.717) is 51.5 Å². The van der Waals surface area contributed by atoms with Gasteiger partial charge >= 0.3 is 5.97 Å². The van der Waals surface area contributed by atoms with Crippen LogP contribution in [-0.4, -0.2) is 23.5 Å². The predicted molar refractivity (Wildman–Crippen MR) is 175 cm³/mol. The van der Waals surface area contributed by atoms with Crippen LogP contribution in [0.5, 0.6) is 17.2 Å². The maximum atomic E-state index is 13.4. The molecular formula is C38H30N2O5. The molecule has 0 aliphatic heterocycles. The molecule has 1 aromatic heterocycles. The number of para-hydroxylation sites is 2. The zero-order valence-electron chi connectivity index (χ0n) is 24.6. The van der Waals surface area contributed by atoms with Crippen LogP contribution in [0.2, 0.25) is 0 Å². The molecule has 0 saturated carbocycles. The number of fused-ring (bicyclic) bond motifs is 1. The van der Waals surface area contributed by atoms with Gasteiger partial charge in [0.15, 0.2) is 6.61 Å². The largest absolute Gasteiger partial charge is 0.489 e. The monoisotopic (exact) mass is 594 g/mol. The molecule has 6 rings (SSSR count). The Morgan fingerprint density at radius 3 is 2.04 bits per heavy atom. The van der Waals surface area contributed by atoms with E-state index in [1.807, 2.05) is 116 Å². The average molecular weight is 595 g/mol. The number of nitrogens with one attached hydrogen (secondary N) is 1. The molecule has 1 N–H and O–H groups in total. The van der Waals surface area contributed by atoms with Gasteiger partial charge in [-0.1, -0.05) is 66.7 Å². The van der Waals surface area contributed by atoms with E-state index < -0.39 is 18.5 Å². The normalized spacial score (nSPS) is 10.7.